The third-order valence-electron chi connectivity index (χ3n) is 5.13. The smallest absolute Gasteiger partial charge is 0.106 e. The van der Waals surface area contributed by atoms with Crippen molar-refractivity contribution in [3.8, 4) is 0 Å². The molecule has 0 fully saturated rings. The molecule has 1 heterocycles. The van der Waals surface area contributed by atoms with Crippen LogP contribution < -0.4 is 0 Å². The molecule has 2 heteroatoms. The molecule has 5 rings (SSSR count). The van der Waals surface area contributed by atoms with Crippen molar-refractivity contribution >= 4 is 22.5 Å². The molecule has 0 aliphatic carbocycles. The Morgan fingerprint density at radius 2 is 1.04 bits per heavy atom. The van der Waals surface area contributed by atoms with Gasteiger partial charge in [0.2, 0.25) is 0 Å². The highest BCUT2D eigenvalue weighted by Gasteiger charge is 2.45. The molecule has 0 spiro atoms. The number of nitrogens with zero attached hydrogens (tertiary/aromatic N) is 1. The SMILES string of the molecule is c1ccc(N=C2SC(c3ccccc3)(c3ccccc3)c3ccccc32)cc1. The third kappa shape index (κ3) is 2.78. The van der Waals surface area contributed by atoms with E-state index < -0.39 is 0 Å². The van der Waals surface area contributed by atoms with Gasteiger partial charge in [0.15, 0.2) is 0 Å². The molecule has 0 N–H and O–H groups in total. The minimum atomic E-state index is -0.299. The summed E-state index contributed by atoms with van der Waals surface area (Å²) in [6.07, 6.45) is 0. The predicted octanol–water partition coefficient (Wildman–Crippen LogP) is 6.80. The molecule has 0 saturated carbocycles. The second-order valence-electron chi connectivity index (χ2n) is 6.81. The fourth-order valence-corrected chi connectivity index (χ4v) is 5.40. The second kappa shape index (κ2) is 7.14. The molecule has 0 radical (unpaired) electrons. The first-order valence-electron chi connectivity index (χ1n) is 9.41. The molecule has 1 aliphatic heterocycles. The first-order chi connectivity index (χ1) is 13.9. The Hall–Kier alpha value is -3.10. The van der Waals surface area contributed by atoms with Gasteiger partial charge in [0.25, 0.3) is 0 Å². The van der Waals surface area contributed by atoms with Crippen LogP contribution in [0.5, 0.6) is 0 Å². The van der Waals surface area contributed by atoms with Crippen LogP contribution in [0.15, 0.2) is 120 Å². The van der Waals surface area contributed by atoms with E-state index in [-0.39, 0.29) is 4.75 Å². The van der Waals surface area contributed by atoms with Crippen molar-refractivity contribution in [2.45, 2.75) is 4.75 Å². The molecule has 1 aliphatic rings. The van der Waals surface area contributed by atoms with Gasteiger partial charge in [-0.05, 0) is 28.8 Å². The van der Waals surface area contributed by atoms with Crippen LogP contribution in [0.3, 0.4) is 0 Å². The zero-order chi connectivity index (χ0) is 18.8. The van der Waals surface area contributed by atoms with Gasteiger partial charge >= 0.3 is 0 Å². The van der Waals surface area contributed by atoms with Crippen molar-refractivity contribution in [2.24, 2.45) is 4.99 Å². The lowest BCUT2D eigenvalue weighted by Crippen LogP contribution is -2.22. The average Bonchev–Trinajstić information content (AvgIpc) is 3.11. The van der Waals surface area contributed by atoms with Gasteiger partial charge in [0, 0.05) is 5.56 Å². The number of hydrogen-bond acceptors (Lipinski definition) is 2. The molecule has 0 saturated heterocycles. The molecule has 4 aromatic carbocycles. The van der Waals surface area contributed by atoms with Crippen LogP contribution in [0.2, 0.25) is 0 Å². The fraction of sp³-hybridized carbons (Fsp3) is 0.0385. The van der Waals surface area contributed by atoms with Crippen LogP contribution in [0, 0.1) is 0 Å². The summed E-state index contributed by atoms with van der Waals surface area (Å²) in [7, 11) is 0. The number of thioether (sulfide) groups is 1. The average molecular weight is 378 g/mol. The van der Waals surface area contributed by atoms with Crippen molar-refractivity contribution in [3.63, 3.8) is 0 Å². The topological polar surface area (TPSA) is 12.4 Å². The van der Waals surface area contributed by atoms with Gasteiger partial charge in [-0.15, -0.1) is 0 Å². The Bertz CT molecular complexity index is 1080. The lowest BCUT2D eigenvalue weighted by atomic mass is 9.82. The van der Waals surface area contributed by atoms with E-state index in [9.17, 15) is 0 Å². The Balaban J connectivity index is 1.78. The molecule has 0 unspecified atom stereocenters. The predicted molar refractivity (Wildman–Crippen MR) is 119 cm³/mol. The van der Waals surface area contributed by atoms with E-state index in [4.69, 9.17) is 4.99 Å². The van der Waals surface area contributed by atoms with Gasteiger partial charge < -0.3 is 0 Å². The highest BCUT2D eigenvalue weighted by Crippen LogP contribution is 2.56. The molecule has 134 valence electrons. The normalized spacial score (nSPS) is 16.1. The lowest BCUT2D eigenvalue weighted by molar-refractivity contribution is 0.907. The molecule has 0 bridgehead atoms. The summed E-state index contributed by atoms with van der Waals surface area (Å²) in [5.41, 5.74) is 6.04. The van der Waals surface area contributed by atoms with Crippen molar-refractivity contribution in [1.82, 2.24) is 0 Å². The molecule has 1 nitrogen and oxygen atoms in total. The van der Waals surface area contributed by atoms with E-state index in [1.807, 2.05) is 30.0 Å². The Kier molecular flexibility index (Phi) is 4.34. The molecular formula is C26H19NS. The first kappa shape index (κ1) is 17.0. The minimum absolute atomic E-state index is 0.299. The van der Waals surface area contributed by atoms with E-state index in [1.54, 1.807) is 0 Å². The van der Waals surface area contributed by atoms with E-state index in [1.165, 1.54) is 22.3 Å². The molecule has 0 amide bonds. The van der Waals surface area contributed by atoms with Crippen LogP contribution in [-0.2, 0) is 4.75 Å². The first-order valence-corrected chi connectivity index (χ1v) is 10.2. The number of hydrogen-bond donors (Lipinski definition) is 0. The summed E-state index contributed by atoms with van der Waals surface area (Å²) >= 11 is 1.84. The number of aliphatic imine (C=N–C) groups is 1. The molecule has 4 aromatic rings. The van der Waals surface area contributed by atoms with Crippen molar-refractivity contribution < 1.29 is 0 Å². The fourth-order valence-electron chi connectivity index (χ4n) is 3.88. The third-order valence-corrected chi connectivity index (χ3v) is 6.64. The maximum Gasteiger partial charge on any atom is 0.106 e. The van der Waals surface area contributed by atoms with Gasteiger partial charge in [-0.25, -0.2) is 4.99 Å². The zero-order valence-electron chi connectivity index (χ0n) is 15.3. The Morgan fingerprint density at radius 3 is 1.64 bits per heavy atom. The number of para-hydroxylation sites is 1. The quantitative estimate of drug-likeness (QED) is 0.382. The van der Waals surface area contributed by atoms with Crippen molar-refractivity contribution in [1.29, 1.82) is 0 Å². The number of benzene rings is 4. The molecule has 0 aromatic heterocycles. The molecule has 0 atom stereocenters. The van der Waals surface area contributed by atoms with Gasteiger partial charge in [0.1, 0.15) is 5.04 Å². The molecular weight excluding hydrogens is 358 g/mol. The zero-order valence-corrected chi connectivity index (χ0v) is 16.1. The Morgan fingerprint density at radius 1 is 0.536 bits per heavy atom. The summed E-state index contributed by atoms with van der Waals surface area (Å²) in [6.45, 7) is 0. The van der Waals surface area contributed by atoms with Crippen LogP contribution in [0.4, 0.5) is 5.69 Å². The van der Waals surface area contributed by atoms with Crippen LogP contribution in [-0.4, -0.2) is 5.04 Å². The van der Waals surface area contributed by atoms with Crippen LogP contribution >= 0.6 is 11.8 Å². The van der Waals surface area contributed by atoms with E-state index >= 15 is 0 Å². The van der Waals surface area contributed by atoms with Gasteiger partial charge in [0.05, 0.1) is 10.4 Å². The van der Waals surface area contributed by atoms with Crippen molar-refractivity contribution in [3.05, 3.63) is 138 Å². The van der Waals surface area contributed by atoms with Crippen molar-refractivity contribution in [2.75, 3.05) is 0 Å². The van der Waals surface area contributed by atoms with E-state index in [2.05, 4.69) is 97.1 Å². The monoisotopic (exact) mass is 377 g/mol. The summed E-state index contributed by atoms with van der Waals surface area (Å²) in [6, 6.07) is 40.4. The Labute approximate surface area is 169 Å². The summed E-state index contributed by atoms with van der Waals surface area (Å²) in [5.74, 6) is 0. The van der Waals surface area contributed by atoms with E-state index in [0.717, 1.165) is 10.7 Å². The lowest BCUT2D eigenvalue weighted by Gasteiger charge is -2.30. The molecule has 28 heavy (non-hydrogen) atoms. The largest absolute Gasteiger partial charge is 0.241 e. The highest BCUT2D eigenvalue weighted by atomic mass is 32.2. The van der Waals surface area contributed by atoms with Gasteiger partial charge in [-0.3, -0.25) is 0 Å². The maximum atomic E-state index is 5.03. The van der Waals surface area contributed by atoms with Gasteiger partial charge in [-0.2, -0.15) is 0 Å². The van der Waals surface area contributed by atoms with Gasteiger partial charge in [-0.1, -0.05) is 115 Å². The maximum absolute atomic E-state index is 5.03. The second-order valence-corrected chi connectivity index (χ2v) is 8.02. The number of fused-ring (bicyclic) bond motifs is 1. The summed E-state index contributed by atoms with van der Waals surface area (Å²) < 4.78 is -0.299. The summed E-state index contributed by atoms with van der Waals surface area (Å²) in [4.78, 5) is 5.03. The highest BCUT2D eigenvalue weighted by molar-refractivity contribution is 8.16. The van der Waals surface area contributed by atoms with Crippen LogP contribution in [0.25, 0.3) is 0 Å². The standard InChI is InChI=1S/C26H19NS/c1-4-12-20(13-5-1)26(21-14-6-2-7-15-21)24-19-11-10-18-23(24)25(28-26)27-22-16-8-3-9-17-22/h1-19H. The summed E-state index contributed by atoms with van der Waals surface area (Å²) in [5, 5.41) is 1.06. The number of rotatable bonds is 3. The van der Waals surface area contributed by atoms with E-state index in [0.29, 0.717) is 0 Å². The van der Waals surface area contributed by atoms with Crippen LogP contribution in [0.1, 0.15) is 22.3 Å². The minimum Gasteiger partial charge on any atom is -0.241 e.